The molecule has 20 heavy (non-hydrogen) atoms. The summed E-state index contributed by atoms with van der Waals surface area (Å²) in [6.07, 6.45) is 3.41. The first-order valence-electron chi connectivity index (χ1n) is 8.11. The van der Waals surface area contributed by atoms with Gasteiger partial charge in [0.1, 0.15) is 0 Å². The van der Waals surface area contributed by atoms with Crippen LogP contribution in [0.25, 0.3) is 0 Å². The average Bonchev–Trinajstić information content (AvgIpc) is 2.51. The van der Waals surface area contributed by atoms with Crippen molar-refractivity contribution in [3.05, 3.63) is 35.9 Å². The van der Waals surface area contributed by atoms with Gasteiger partial charge in [-0.05, 0) is 38.3 Å². The summed E-state index contributed by atoms with van der Waals surface area (Å²) < 4.78 is 5.76. The van der Waals surface area contributed by atoms with Gasteiger partial charge in [-0.2, -0.15) is 0 Å². The molecule has 0 aromatic heterocycles. The average molecular weight is 277 g/mol. The smallest absolute Gasteiger partial charge is 0.0628 e. The van der Waals surface area contributed by atoms with Crippen molar-refractivity contribution in [2.24, 2.45) is 0 Å². The van der Waals surface area contributed by atoms with Gasteiger partial charge in [-0.1, -0.05) is 51.1 Å². The van der Waals surface area contributed by atoms with Gasteiger partial charge in [0, 0.05) is 18.1 Å². The first-order chi connectivity index (χ1) is 9.75. The summed E-state index contributed by atoms with van der Waals surface area (Å²) in [5.74, 6) is 0. The van der Waals surface area contributed by atoms with Gasteiger partial charge in [-0.25, -0.2) is 0 Å². The fourth-order valence-electron chi connectivity index (χ4n) is 3.09. The van der Waals surface area contributed by atoms with Crippen LogP contribution in [0.5, 0.6) is 0 Å². The van der Waals surface area contributed by atoms with Gasteiger partial charge in [-0.3, -0.25) is 0 Å². The van der Waals surface area contributed by atoms with Crippen LogP contribution < -0.4 is 5.32 Å². The molecule has 0 radical (unpaired) electrons. The fourth-order valence-corrected chi connectivity index (χ4v) is 3.09. The fraction of sp³-hybridized carbons (Fsp3) is 0.667. The van der Waals surface area contributed by atoms with Crippen molar-refractivity contribution in [3.63, 3.8) is 0 Å². The van der Waals surface area contributed by atoms with Crippen LogP contribution in [0.4, 0.5) is 0 Å². The Kier molecular flexibility index (Phi) is 7.86. The molecule has 0 bridgehead atoms. The highest BCUT2D eigenvalue weighted by atomic mass is 16.5. The van der Waals surface area contributed by atoms with Crippen molar-refractivity contribution >= 4 is 0 Å². The SMILES string of the molecule is CCCNC(COCC)C(CC)(CC)c1ccccc1. The number of ether oxygens (including phenoxy) is 1. The van der Waals surface area contributed by atoms with Crippen LogP contribution in [-0.4, -0.2) is 25.8 Å². The largest absolute Gasteiger partial charge is 0.380 e. The third-order valence-electron chi connectivity index (χ3n) is 4.41. The molecular formula is C18H31NO. The lowest BCUT2D eigenvalue weighted by Crippen LogP contribution is -2.51. The Balaban J connectivity index is 3.04. The highest BCUT2D eigenvalue weighted by Crippen LogP contribution is 2.35. The summed E-state index contributed by atoms with van der Waals surface area (Å²) >= 11 is 0. The van der Waals surface area contributed by atoms with Crippen LogP contribution in [0.2, 0.25) is 0 Å². The van der Waals surface area contributed by atoms with Crippen molar-refractivity contribution in [1.29, 1.82) is 0 Å². The predicted molar refractivity (Wildman–Crippen MR) is 87.3 cm³/mol. The van der Waals surface area contributed by atoms with Crippen LogP contribution >= 0.6 is 0 Å². The summed E-state index contributed by atoms with van der Waals surface area (Å²) in [5, 5.41) is 3.72. The Labute approximate surface area is 124 Å². The molecule has 0 saturated carbocycles. The van der Waals surface area contributed by atoms with Crippen LogP contribution in [0.15, 0.2) is 30.3 Å². The molecule has 1 N–H and O–H groups in total. The summed E-state index contributed by atoms with van der Waals surface area (Å²) in [6, 6.07) is 11.3. The van der Waals surface area contributed by atoms with Crippen molar-refractivity contribution < 1.29 is 4.74 Å². The van der Waals surface area contributed by atoms with Gasteiger partial charge >= 0.3 is 0 Å². The van der Waals surface area contributed by atoms with E-state index < -0.39 is 0 Å². The van der Waals surface area contributed by atoms with Gasteiger partial charge in [-0.15, -0.1) is 0 Å². The van der Waals surface area contributed by atoms with E-state index in [2.05, 4.69) is 63.3 Å². The number of benzene rings is 1. The molecule has 1 aromatic rings. The lowest BCUT2D eigenvalue weighted by Gasteiger charge is -2.41. The first kappa shape index (κ1) is 17.2. The number of rotatable bonds is 10. The quantitative estimate of drug-likeness (QED) is 0.693. The van der Waals surface area contributed by atoms with E-state index in [1.165, 1.54) is 5.56 Å². The zero-order valence-electron chi connectivity index (χ0n) is 13.6. The Morgan fingerprint density at radius 1 is 1.05 bits per heavy atom. The summed E-state index contributed by atoms with van der Waals surface area (Å²) in [6.45, 7) is 11.5. The van der Waals surface area contributed by atoms with Crippen molar-refractivity contribution in [1.82, 2.24) is 5.32 Å². The van der Waals surface area contributed by atoms with Crippen LogP contribution in [0.3, 0.4) is 0 Å². The third kappa shape index (κ3) is 4.07. The lowest BCUT2D eigenvalue weighted by atomic mass is 9.70. The van der Waals surface area contributed by atoms with Crippen LogP contribution in [-0.2, 0) is 10.2 Å². The Morgan fingerprint density at radius 2 is 1.70 bits per heavy atom. The summed E-state index contributed by atoms with van der Waals surface area (Å²) in [4.78, 5) is 0. The molecule has 1 aromatic carbocycles. The second-order valence-electron chi connectivity index (χ2n) is 5.40. The van der Waals surface area contributed by atoms with E-state index >= 15 is 0 Å². The number of hydrogen-bond acceptors (Lipinski definition) is 2. The predicted octanol–water partition coefficient (Wildman–Crippen LogP) is 4.15. The Morgan fingerprint density at radius 3 is 2.20 bits per heavy atom. The lowest BCUT2D eigenvalue weighted by molar-refractivity contribution is 0.0880. The summed E-state index contributed by atoms with van der Waals surface area (Å²) in [5.41, 5.74) is 1.59. The first-order valence-corrected chi connectivity index (χ1v) is 8.11. The van der Waals surface area contributed by atoms with Crippen LogP contribution in [0.1, 0.15) is 52.5 Å². The second kappa shape index (κ2) is 9.15. The molecule has 0 aliphatic heterocycles. The monoisotopic (exact) mass is 277 g/mol. The van der Waals surface area contributed by atoms with E-state index in [1.54, 1.807) is 0 Å². The van der Waals surface area contributed by atoms with E-state index in [1.807, 2.05) is 0 Å². The van der Waals surface area contributed by atoms with E-state index in [-0.39, 0.29) is 5.41 Å². The van der Waals surface area contributed by atoms with E-state index in [0.717, 1.165) is 39.0 Å². The maximum atomic E-state index is 5.76. The topological polar surface area (TPSA) is 21.3 Å². The van der Waals surface area contributed by atoms with Crippen molar-refractivity contribution in [2.75, 3.05) is 19.8 Å². The molecule has 0 saturated heterocycles. The number of hydrogen-bond donors (Lipinski definition) is 1. The third-order valence-corrected chi connectivity index (χ3v) is 4.41. The zero-order chi connectivity index (χ0) is 14.8. The van der Waals surface area contributed by atoms with Gasteiger partial charge in [0.15, 0.2) is 0 Å². The summed E-state index contributed by atoms with van der Waals surface area (Å²) in [7, 11) is 0. The molecule has 1 rings (SSSR count). The van der Waals surface area contributed by atoms with E-state index in [0.29, 0.717) is 6.04 Å². The second-order valence-corrected chi connectivity index (χ2v) is 5.40. The minimum absolute atomic E-state index is 0.158. The minimum atomic E-state index is 0.158. The normalized spacial score (nSPS) is 13.4. The van der Waals surface area contributed by atoms with E-state index in [9.17, 15) is 0 Å². The molecule has 1 atom stereocenters. The molecule has 0 aliphatic carbocycles. The Hall–Kier alpha value is -0.860. The standard InChI is InChI=1S/C18H31NO/c1-5-14-19-17(15-20-8-4)18(6-2,7-3)16-12-10-9-11-13-16/h9-13,17,19H,5-8,14-15H2,1-4H3. The molecule has 0 amide bonds. The minimum Gasteiger partial charge on any atom is -0.380 e. The molecule has 0 aliphatic rings. The Bertz CT molecular complexity index is 338. The molecule has 1 unspecified atom stereocenters. The highest BCUT2D eigenvalue weighted by Gasteiger charge is 2.36. The molecular weight excluding hydrogens is 246 g/mol. The van der Waals surface area contributed by atoms with Gasteiger partial charge in [0.2, 0.25) is 0 Å². The molecule has 0 spiro atoms. The van der Waals surface area contributed by atoms with Gasteiger partial charge in [0.25, 0.3) is 0 Å². The van der Waals surface area contributed by atoms with Crippen LogP contribution in [0, 0.1) is 0 Å². The van der Waals surface area contributed by atoms with Crippen molar-refractivity contribution in [3.8, 4) is 0 Å². The van der Waals surface area contributed by atoms with E-state index in [4.69, 9.17) is 4.74 Å². The molecule has 0 heterocycles. The number of nitrogens with one attached hydrogen (secondary N) is 1. The van der Waals surface area contributed by atoms with Gasteiger partial charge in [0.05, 0.1) is 6.61 Å². The maximum absolute atomic E-state index is 5.76. The van der Waals surface area contributed by atoms with Crippen molar-refractivity contribution in [2.45, 2.75) is 58.4 Å². The molecule has 2 heteroatoms. The molecule has 2 nitrogen and oxygen atoms in total. The highest BCUT2D eigenvalue weighted by molar-refractivity contribution is 5.27. The molecule has 114 valence electrons. The molecule has 0 fully saturated rings. The van der Waals surface area contributed by atoms with Gasteiger partial charge < -0.3 is 10.1 Å². The zero-order valence-corrected chi connectivity index (χ0v) is 13.6. The maximum Gasteiger partial charge on any atom is 0.0628 e.